The molecule has 0 unspecified atom stereocenters. The van der Waals surface area contributed by atoms with E-state index in [1.165, 1.54) is 0 Å². The van der Waals surface area contributed by atoms with Crippen molar-refractivity contribution in [3.8, 4) is 0 Å². The molecule has 1 aliphatic rings. The van der Waals surface area contributed by atoms with Gasteiger partial charge in [0.05, 0.1) is 5.56 Å². The van der Waals surface area contributed by atoms with Crippen LogP contribution in [0.15, 0.2) is 22.9 Å². The molecule has 1 aliphatic heterocycles. The fraction of sp³-hybridized carbons (Fsp3) is 0.412. The van der Waals surface area contributed by atoms with Crippen LogP contribution in [0.25, 0.3) is 0 Å². The molecule has 1 aromatic carbocycles. The van der Waals surface area contributed by atoms with Gasteiger partial charge in [0, 0.05) is 24.6 Å². The molecule has 4 nitrogen and oxygen atoms in total. The second-order valence-electron chi connectivity index (χ2n) is 6.12. The van der Waals surface area contributed by atoms with Gasteiger partial charge in [0.15, 0.2) is 17.9 Å². The van der Waals surface area contributed by atoms with E-state index in [4.69, 9.17) is 0 Å². The van der Waals surface area contributed by atoms with Crippen LogP contribution < -0.4 is 0 Å². The molecule has 2 aromatic rings. The molecule has 140 valence electrons. The largest absolute Gasteiger partial charge is 0.442 e. The Balaban J connectivity index is 1.63. The third-order valence-corrected chi connectivity index (χ3v) is 4.46. The smallest absolute Gasteiger partial charge is 0.297 e. The van der Waals surface area contributed by atoms with Crippen molar-refractivity contribution >= 4 is 5.78 Å². The number of oxazole rings is 1. The molecule has 1 saturated heterocycles. The number of benzene rings is 1. The van der Waals surface area contributed by atoms with Crippen LogP contribution in [0.1, 0.15) is 41.1 Å². The van der Waals surface area contributed by atoms with Crippen molar-refractivity contribution in [3.63, 3.8) is 0 Å². The van der Waals surface area contributed by atoms with E-state index in [2.05, 4.69) is 9.40 Å². The van der Waals surface area contributed by atoms with Gasteiger partial charge >= 0.3 is 0 Å². The number of carbonyl (C=O) groups excluding carboxylic acids is 1. The molecule has 0 bridgehead atoms. The van der Waals surface area contributed by atoms with Crippen LogP contribution in [0, 0.1) is 23.4 Å². The van der Waals surface area contributed by atoms with E-state index in [9.17, 15) is 26.7 Å². The third-order valence-electron chi connectivity index (χ3n) is 4.46. The van der Waals surface area contributed by atoms with Crippen molar-refractivity contribution in [2.45, 2.75) is 25.8 Å². The fourth-order valence-electron chi connectivity index (χ4n) is 3.12. The van der Waals surface area contributed by atoms with Gasteiger partial charge in [0.25, 0.3) is 6.43 Å². The molecular formula is C17H15F5N2O2. The van der Waals surface area contributed by atoms with Crippen LogP contribution in [0.4, 0.5) is 22.0 Å². The van der Waals surface area contributed by atoms with Gasteiger partial charge in [-0.3, -0.25) is 9.69 Å². The number of likely N-dealkylation sites (tertiary alicyclic amines) is 1. The van der Waals surface area contributed by atoms with Gasteiger partial charge in [-0.1, -0.05) is 0 Å². The Kier molecular flexibility index (Phi) is 5.36. The Bertz CT molecular complexity index is 777. The molecule has 2 heterocycles. The summed E-state index contributed by atoms with van der Waals surface area (Å²) in [6, 6.07) is 0.948. The summed E-state index contributed by atoms with van der Waals surface area (Å²) in [5.41, 5.74) is -0.610. The monoisotopic (exact) mass is 374 g/mol. The Morgan fingerprint density at radius 1 is 1.19 bits per heavy atom. The number of carbonyl (C=O) groups is 1. The van der Waals surface area contributed by atoms with Crippen LogP contribution in [0.3, 0.4) is 0 Å². The molecule has 0 aliphatic carbocycles. The summed E-state index contributed by atoms with van der Waals surface area (Å²) < 4.78 is 70.7. The van der Waals surface area contributed by atoms with Gasteiger partial charge in [-0.05, 0) is 25.9 Å². The molecule has 1 fully saturated rings. The predicted molar refractivity (Wildman–Crippen MR) is 80.1 cm³/mol. The highest BCUT2D eigenvalue weighted by Gasteiger charge is 2.31. The van der Waals surface area contributed by atoms with Gasteiger partial charge in [0.2, 0.25) is 0 Å². The Hall–Kier alpha value is -2.29. The van der Waals surface area contributed by atoms with Crippen LogP contribution in [0.5, 0.6) is 0 Å². The number of halogens is 5. The molecule has 1 aromatic heterocycles. The summed E-state index contributed by atoms with van der Waals surface area (Å²) in [6.45, 7) is 0.878. The average Bonchev–Trinajstić information content (AvgIpc) is 3.03. The highest BCUT2D eigenvalue weighted by molar-refractivity contribution is 5.98. The number of rotatable bonds is 5. The van der Waals surface area contributed by atoms with Gasteiger partial charge in [-0.2, -0.15) is 0 Å². The quantitative estimate of drug-likeness (QED) is 0.583. The Morgan fingerprint density at radius 2 is 1.81 bits per heavy atom. The van der Waals surface area contributed by atoms with Crippen molar-refractivity contribution in [2.75, 3.05) is 13.1 Å². The van der Waals surface area contributed by atoms with Crippen molar-refractivity contribution in [2.24, 2.45) is 5.92 Å². The Labute approximate surface area is 145 Å². The number of hydrogen-bond donors (Lipinski definition) is 0. The summed E-state index contributed by atoms with van der Waals surface area (Å²) in [4.78, 5) is 18.0. The fourth-order valence-corrected chi connectivity index (χ4v) is 3.12. The molecule has 26 heavy (non-hydrogen) atoms. The number of nitrogens with zero attached hydrogens (tertiary/aromatic N) is 2. The summed E-state index contributed by atoms with van der Waals surface area (Å²) >= 11 is 0. The second-order valence-corrected chi connectivity index (χ2v) is 6.12. The zero-order chi connectivity index (χ0) is 18.8. The number of alkyl halides is 2. The Morgan fingerprint density at radius 3 is 2.38 bits per heavy atom. The van der Waals surface area contributed by atoms with Crippen molar-refractivity contribution in [1.82, 2.24) is 9.88 Å². The van der Waals surface area contributed by atoms with Crippen LogP contribution in [-0.2, 0) is 6.54 Å². The molecule has 0 atom stereocenters. The van der Waals surface area contributed by atoms with Gasteiger partial charge in [-0.15, -0.1) is 0 Å². The molecule has 3 rings (SSSR count). The lowest BCUT2D eigenvalue weighted by Gasteiger charge is -2.30. The molecule has 9 heteroatoms. The number of hydrogen-bond acceptors (Lipinski definition) is 4. The second kappa shape index (κ2) is 7.53. The maximum atomic E-state index is 13.8. The highest BCUT2D eigenvalue weighted by atomic mass is 19.3. The van der Waals surface area contributed by atoms with E-state index in [1.807, 2.05) is 4.90 Å². The van der Waals surface area contributed by atoms with E-state index in [-0.39, 0.29) is 12.2 Å². The van der Waals surface area contributed by atoms with E-state index in [0.29, 0.717) is 38.1 Å². The minimum absolute atomic E-state index is 0.125. The molecule has 0 N–H and O–H groups in total. The van der Waals surface area contributed by atoms with Crippen LogP contribution in [0.2, 0.25) is 0 Å². The van der Waals surface area contributed by atoms with Crippen molar-refractivity contribution in [1.29, 1.82) is 0 Å². The lowest BCUT2D eigenvalue weighted by atomic mass is 9.88. The lowest BCUT2D eigenvalue weighted by molar-refractivity contribution is 0.0821. The summed E-state index contributed by atoms with van der Waals surface area (Å²) in [5.74, 6) is -5.35. The van der Waals surface area contributed by atoms with Gasteiger partial charge < -0.3 is 4.42 Å². The standard InChI is InChI=1S/C17H15F5N2O2/c18-10-5-11(19)14(12(20)6-10)15(25)9-1-3-24(4-2-9)7-13-16(17(21)22)26-8-23-13/h5-6,8-9,17H,1-4,7H2. The average molecular weight is 374 g/mol. The molecule has 0 radical (unpaired) electrons. The highest BCUT2D eigenvalue weighted by Crippen LogP contribution is 2.28. The van der Waals surface area contributed by atoms with Crippen molar-refractivity contribution in [3.05, 3.63) is 53.0 Å². The van der Waals surface area contributed by atoms with E-state index in [1.54, 1.807) is 0 Å². The SMILES string of the molecule is O=C(c1c(F)cc(F)cc1F)C1CCN(Cc2ncoc2C(F)F)CC1. The van der Waals surface area contributed by atoms with E-state index < -0.39 is 46.9 Å². The number of ketones is 1. The first-order chi connectivity index (χ1) is 12.4. The summed E-state index contributed by atoms with van der Waals surface area (Å²) in [7, 11) is 0. The zero-order valence-electron chi connectivity index (χ0n) is 13.5. The zero-order valence-corrected chi connectivity index (χ0v) is 13.5. The number of aromatic nitrogens is 1. The third kappa shape index (κ3) is 3.77. The molecule has 0 saturated carbocycles. The maximum absolute atomic E-state index is 13.8. The van der Waals surface area contributed by atoms with E-state index in [0.717, 1.165) is 6.39 Å². The molecule has 0 amide bonds. The summed E-state index contributed by atoms with van der Waals surface area (Å²) in [6.07, 6.45) is -1.21. The molecular weight excluding hydrogens is 359 g/mol. The normalized spacial score (nSPS) is 16.4. The predicted octanol–water partition coefficient (Wildman–Crippen LogP) is 4.12. The topological polar surface area (TPSA) is 46.3 Å². The number of piperidine rings is 1. The maximum Gasteiger partial charge on any atom is 0.297 e. The minimum atomic E-state index is -2.77. The van der Waals surface area contributed by atoms with Gasteiger partial charge in [0.1, 0.15) is 23.1 Å². The first-order valence-corrected chi connectivity index (χ1v) is 7.98. The lowest BCUT2D eigenvalue weighted by Crippen LogP contribution is -2.36. The first-order valence-electron chi connectivity index (χ1n) is 7.98. The number of Topliss-reactive ketones (excluding diaryl/α,β-unsaturated/α-hetero) is 1. The van der Waals surface area contributed by atoms with E-state index >= 15 is 0 Å². The first kappa shape index (κ1) is 18.5. The van der Waals surface area contributed by atoms with Gasteiger partial charge in [-0.25, -0.2) is 26.9 Å². The van der Waals surface area contributed by atoms with Crippen LogP contribution in [-0.4, -0.2) is 28.8 Å². The minimum Gasteiger partial charge on any atom is -0.442 e. The van der Waals surface area contributed by atoms with Crippen LogP contribution >= 0.6 is 0 Å². The molecule has 0 spiro atoms. The van der Waals surface area contributed by atoms with Crippen molar-refractivity contribution < 1.29 is 31.2 Å². The summed E-state index contributed by atoms with van der Waals surface area (Å²) in [5, 5.41) is 0.